The number of unbranched alkanes of at least 4 members (excludes halogenated alkanes) is 1. The molecule has 1 aromatic rings. The number of esters is 1. The van der Waals surface area contributed by atoms with Crippen molar-refractivity contribution in [2.24, 2.45) is 4.99 Å². The first-order chi connectivity index (χ1) is 12.5. The SMILES string of the molecule is CN=C(NCCCCC(=O)OC)N1CC(C)OC(c2ccc(F)cc2)C1.I. The predicted molar refractivity (Wildman–Crippen MR) is 114 cm³/mol. The van der Waals surface area contributed by atoms with Crippen LogP contribution in [0, 0.1) is 5.82 Å². The highest BCUT2D eigenvalue weighted by Crippen LogP contribution is 2.25. The Kier molecular flexibility index (Phi) is 10.6. The predicted octanol–water partition coefficient (Wildman–Crippen LogP) is 3.12. The molecule has 8 heteroatoms. The van der Waals surface area contributed by atoms with Crippen LogP contribution in [0.1, 0.15) is 37.9 Å². The van der Waals surface area contributed by atoms with Crippen molar-refractivity contribution in [3.8, 4) is 0 Å². The fraction of sp³-hybridized carbons (Fsp3) is 0.579. The molecule has 1 aromatic carbocycles. The van der Waals surface area contributed by atoms with E-state index in [1.54, 1.807) is 19.2 Å². The van der Waals surface area contributed by atoms with E-state index < -0.39 is 0 Å². The quantitative estimate of drug-likeness (QED) is 0.217. The van der Waals surface area contributed by atoms with Crippen molar-refractivity contribution < 1.29 is 18.7 Å². The van der Waals surface area contributed by atoms with Gasteiger partial charge in [-0.2, -0.15) is 0 Å². The van der Waals surface area contributed by atoms with E-state index in [4.69, 9.17) is 4.74 Å². The van der Waals surface area contributed by atoms with Crippen LogP contribution in [-0.2, 0) is 14.3 Å². The highest BCUT2D eigenvalue weighted by molar-refractivity contribution is 14.0. The summed E-state index contributed by atoms with van der Waals surface area (Å²) in [5.41, 5.74) is 0.955. The summed E-state index contributed by atoms with van der Waals surface area (Å²) in [5.74, 6) is 0.378. The lowest BCUT2D eigenvalue weighted by Crippen LogP contribution is -2.50. The molecule has 0 saturated carbocycles. The molecule has 2 atom stereocenters. The van der Waals surface area contributed by atoms with Crippen molar-refractivity contribution >= 4 is 35.9 Å². The zero-order chi connectivity index (χ0) is 18.9. The average molecular weight is 493 g/mol. The maximum Gasteiger partial charge on any atom is 0.305 e. The van der Waals surface area contributed by atoms with Crippen molar-refractivity contribution in [2.75, 3.05) is 33.8 Å². The third-order valence-electron chi connectivity index (χ3n) is 4.33. The van der Waals surface area contributed by atoms with E-state index >= 15 is 0 Å². The summed E-state index contributed by atoms with van der Waals surface area (Å²) in [4.78, 5) is 17.6. The van der Waals surface area contributed by atoms with E-state index in [-0.39, 0.29) is 48.0 Å². The number of carbonyl (C=O) groups is 1. The van der Waals surface area contributed by atoms with E-state index in [9.17, 15) is 9.18 Å². The smallest absolute Gasteiger partial charge is 0.305 e. The number of aliphatic imine (C=N–C) groups is 1. The molecule has 152 valence electrons. The van der Waals surface area contributed by atoms with Gasteiger partial charge in [-0.1, -0.05) is 12.1 Å². The molecule has 6 nitrogen and oxygen atoms in total. The van der Waals surface area contributed by atoms with Gasteiger partial charge in [-0.15, -0.1) is 24.0 Å². The zero-order valence-corrected chi connectivity index (χ0v) is 18.4. The van der Waals surface area contributed by atoms with Crippen LogP contribution >= 0.6 is 24.0 Å². The van der Waals surface area contributed by atoms with Crippen LogP contribution in [0.2, 0.25) is 0 Å². The maximum atomic E-state index is 13.2. The number of hydrogen-bond acceptors (Lipinski definition) is 4. The van der Waals surface area contributed by atoms with Gasteiger partial charge in [-0.05, 0) is 37.5 Å². The summed E-state index contributed by atoms with van der Waals surface area (Å²) in [5, 5.41) is 3.34. The van der Waals surface area contributed by atoms with Crippen LogP contribution in [0.25, 0.3) is 0 Å². The second kappa shape index (κ2) is 12.1. The number of carbonyl (C=O) groups excluding carboxylic acids is 1. The van der Waals surface area contributed by atoms with E-state index in [0.717, 1.165) is 37.5 Å². The lowest BCUT2D eigenvalue weighted by molar-refractivity contribution is -0.140. The number of guanidine groups is 1. The Balaban J connectivity index is 0.00000364. The molecule has 0 radical (unpaired) electrons. The van der Waals surface area contributed by atoms with E-state index in [2.05, 4.69) is 19.9 Å². The van der Waals surface area contributed by atoms with Crippen LogP contribution in [0.5, 0.6) is 0 Å². The van der Waals surface area contributed by atoms with Crippen molar-refractivity contribution in [1.29, 1.82) is 0 Å². The molecule has 1 aliphatic heterocycles. The maximum absolute atomic E-state index is 13.2. The Morgan fingerprint density at radius 3 is 2.67 bits per heavy atom. The van der Waals surface area contributed by atoms with Gasteiger partial charge < -0.3 is 19.7 Å². The lowest BCUT2D eigenvalue weighted by Gasteiger charge is -2.38. The molecule has 27 heavy (non-hydrogen) atoms. The fourth-order valence-electron chi connectivity index (χ4n) is 3.01. The summed E-state index contributed by atoms with van der Waals surface area (Å²) >= 11 is 0. The molecule has 0 bridgehead atoms. The topological polar surface area (TPSA) is 63.2 Å². The summed E-state index contributed by atoms with van der Waals surface area (Å²) in [6.45, 7) is 4.14. The van der Waals surface area contributed by atoms with Crippen LogP contribution in [0.3, 0.4) is 0 Å². The second-order valence-electron chi connectivity index (χ2n) is 6.40. The van der Waals surface area contributed by atoms with Crippen LogP contribution in [0.15, 0.2) is 29.3 Å². The van der Waals surface area contributed by atoms with Gasteiger partial charge in [0.25, 0.3) is 0 Å². The van der Waals surface area contributed by atoms with Gasteiger partial charge in [0, 0.05) is 26.6 Å². The summed E-state index contributed by atoms with van der Waals surface area (Å²) < 4.78 is 23.8. The number of ether oxygens (including phenoxy) is 2. The third kappa shape index (κ3) is 7.61. The number of hydrogen-bond donors (Lipinski definition) is 1. The molecule has 1 saturated heterocycles. The minimum atomic E-state index is -0.251. The van der Waals surface area contributed by atoms with Crippen LogP contribution in [0.4, 0.5) is 4.39 Å². The highest BCUT2D eigenvalue weighted by Gasteiger charge is 2.28. The summed E-state index contributed by atoms with van der Waals surface area (Å²) in [6.07, 6.45) is 1.97. The van der Waals surface area contributed by atoms with Crippen molar-refractivity contribution in [3.05, 3.63) is 35.6 Å². The van der Waals surface area contributed by atoms with E-state index in [0.29, 0.717) is 13.0 Å². The third-order valence-corrected chi connectivity index (χ3v) is 4.33. The van der Waals surface area contributed by atoms with Gasteiger partial charge in [-0.3, -0.25) is 9.79 Å². The minimum absolute atomic E-state index is 0. The number of nitrogens with one attached hydrogen (secondary N) is 1. The molecule has 0 aliphatic carbocycles. The van der Waals surface area contributed by atoms with E-state index in [1.807, 2.05) is 6.92 Å². The normalized spacial score (nSPS) is 20.0. The van der Waals surface area contributed by atoms with Gasteiger partial charge in [0.2, 0.25) is 0 Å². The van der Waals surface area contributed by atoms with Crippen molar-refractivity contribution in [1.82, 2.24) is 10.2 Å². The van der Waals surface area contributed by atoms with Gasteiger partial charge in [0.15, 0.2) is 5.96 Å². The number of nitrogens with zero attached hydrogens (tertiary/aromatic N) is 2. The fourth-order valence-corrected chi connectivity index (χ4v) is 3.01. The second-order valence-corrected chi connectivity index (χ2v) is 6.40. The Hall–Kier alpha value is -1.42. The van der Waals surface area contributed by atoms with Gasteiger partial charge in [-0.25, -0.2) is 4.39 Å². The molecular weight excluding hydrogens is 464 g/mol. The molecule has 2 rings (SSSR count). The minimum Gasteiger partial charge on any atom is -0.469 e. The Labute approximate surface area is 177 Å². The molecule has 1 heterocycles. The summed E-state index contributed by atoms with van der Waals surface area (Å²) in [7, 11) is 3.16. The number of methoxy groups -OCH3 is 1. The van der Waals surface area contributed by atoms with Crippen LogP contribution < -0.4 is 5.32 Å². The Morgan fingerprint density at radius 2 is 2.04 bits per heavy atom. The zero-order valence-electron chi connectivity index (χ0n) is 16.1. The molecule has 1 aliphatic rings. The van der Waals surface area contributed by atoms with Crippen LogP contribution in [-0.4, -0.2) is 56.7 Å². The molecule has 0 spiro atoms. The number of rotatable bonds is 6. The first-order valence-corrected chi connectivity index (χ1v) is 8.96. The molecule has 1 N–H and O–H groups in total. The van der Waals surface area contributed by atoms with Gasteiger partial charge in [0.05, 0.1) is 19.8 Å². The standard InChI is InChI=1S/C19H28FN3O3.HI/c1-14-12-23(13-17(26-14)15-7-9-16(20)10-8-15)19(21-2)22-11-5-4-6-18(24)25-3;/h7-10,14,17H,4-6,11-13H2,1-3H3,(H,21,22);1H. The Bertz CT molecular complexity index is 613. The number of benzene rings is 1. The Morgan fingerprint density at radius 1 is 1.33 bits per heavy atom. The number of morpholine rings is 1. The van der Waals surface area contributed by atoms with Crippen molar-refractivity contribution in [3.63, 3.8) is 0 Å². The van der Waals surface area contributed by atoms with E-state index in [1.165, 1.54) is 19.2 Å². The molecule has 1 fully saturated rings. The number of halogens is 2. The summed E-state index contributed by atoms with van der Waals surface area (Å²) in [6, 6.07) is 6.44. The van der Waals surface area contributed by atoms with Gasteiger partial charge >= 0.3 is 5.97 Å². The largest absolute Gasteiger partial charge is 0.469 e. The molecule has 2 unspecified atom stereocenters. The first-order valence-electron chi connectivity index (χ1n) is 8.96. The highest BCUT2D eigenvalue weighted by atomic mass is 127. The molecule has 0 amide bonds. The monoisotopic (exact) mass is 493 g/mol. The lowest BCUT2D eigenvalue weighted by atomic mass is 10.1. The van der Waals surface area contributed by atoms with Gasteiger partial charge in [0.1, 0.15) is 11.9 Å². The molecular formula is C19H29FIN3O3. The average Bonchev–Trinajstić information content (AvgIpc) is 2.64. The molecule has 0 aromatic heterocycles. The first kappa shape index (κ1) is 23.6. The van der Waals surface area contributed by atoms with Crippen molar-refractivity contribution in [2.45, 2.75) is 38.4 Å².